The van der Waals surface area contributed by atoms with Gasteiger partial charge in [0, 0.05) is 12.7 Å². The first-order valence-corrected chi connectivity index (χ1v) is 7.73. The third-order valence-corrected chi connectivity index (χ3v) is 3.44. The molecule has 2 aromatic heterocycles. The summed E-state index contributed by atoms with van der Waals surface area (Å²) in [5.74, 6) is 1.54. The van der Waals surface area contributed by atoms with E-state index in [0.29, 0.717) is 29.1 Å². The summed E-state index contributed by atoms with van der Waals surface area (Å²) in [4.78, 5) is 8.48. The number of rotatable bonds is 7. The molecular formula is C16H14ClN7O. The third-order valence-electron chi connectivity index (χ3n) is 3.16. The smallest absolute Gasteiger partial charge is 0.229 e. The van der Waals surface area contributed by atoms with Gasteiger partial charge >= 0.3 is 0 Å². The summed E-state index contributed by atoms with van der Waals surface area (Å²) in [6, 6.07) is 9.38. The average Bonchev–Trinajstić information content (AvgIpc) is 3.14. The number of aromatic amines is 1. The number of ether oxygens (including phenoxy) is 1. The molecule has 126 valence electrons. The van der Waals surface area contributed by atoms with Crippen LogP contribution in [0.1, 0.15) is 5.56 Å². The van der Waals surface area contributed by atoms with Crippen LogP contribution in [0.3, 0.4) is 0 Å². The van der Waals surface area contributed by atoms with Crippen molar-refractivity contribution in [3.8, 4) is 11.8 Å². The van der Waals surface area contributed by atoms with Crippen LogP contribution < -0.4 is 15.4 Å². The van der Waals surface area contributed by atoms with Crippen molar-refractivity contribution in [3.63, 3.8) is 0 Å². The van der Waals surface area contributed by atoms with Gasteiger partial charge < -0.3 is 15.4 Å². The Morgan fingerprint density at radius 2 is 2.24 bits per heavy atom. The minimum Gasteiger partial charge on any atom is -0.479 e. The van der Waals surface area contributed by atoms with E-state index >= 15 is 0 Å². The molecule has 25 heavy (non-hydrogen) atoms. The molecule has 1 aromatic carbocycles. The fraction of sp³-hybridized carbons (Fsp3) is 0.125. The summed E-state index contributed by atoms with van der Waals surface area (Å²) in [6.45, 7) is 0.503. The van der Waals surface area contributed by atoms with Crippen LogP contribution in [0.2, 0.25) is 5.02 Å². The summed E-state index contributed by atoms with van der Waals surface area (Å²) in [6.07, 6.45) is 4.83. The molecule has 0 radical (unpaired) electrons. The monoisotopic (exact) mass is 355 g/mol. The Hall–Kier alpha value is -3.31. The van der Waals surface area contributed by atoms with Crippen LogP contribution in [0.5, 0.6) is 5.75 Å². The zero-order valence-corrected chi connectivity index (χ0v) is 13.8. The van der Waals surface area contributed by atoms with Crippen molar-refractivity contribution in [2.45, 2.75) is 6.54 Å². The SMILES string of the molecule is N#CCOc1cccc(CNc2nc(Nc3cn[nH]c3)ncc2Cl)c1. The van der Waals surface area contributed by atoms with Crippen molar-refractivity contribution in [1.29, 1.82) is 5.26 Å². The van der Waals surface area contributed by atoms with Crippen molar-refractivity contribution in [2.75, 3.05) is 17.2 Å². The molecule has 0 amide bonds. The van der Waals surface area contributed by atoms with Crippen molar-refractivity contribution >= 4 is 29.1 Å². The molecule has 8 nitrogen and oxygen atoms in total. The Bertz CT molecular complexity index is 876. The molecule has 3 rings (SSSR count). The van der Waals surface area contributed by atoms with E-state index in [-0.39, 0.29) is 6.61 Å². The number of nitrogens with zero attached hydrogens (tertiary/aromatic N) is 4. The second-order valence-corrected chi connectivity index (χ2v) is 5.36. The Labute approximate surface area is 148 Å². The molecule has 0 bridgehead atoms. The van der Waals surface area contributed by atoms with Gasteiger partial charge in [0.15, 0.2) is 12.4 Å². The van der Waals surface area contributed by atoms with Crippen molar-refractivity contribution in [2.24, 2.45) is 0 Å². The average molecular weight is 356 g/mol. The molecule has 3 N–H and O–H groups in total. The summed E-state index contributed by atoms with van der Waals surface area (Å²) >= 11 is 6.15. The second-order valence-electron chi connectivity index (χ2n) is 4.95. The van der Waals surface area contributed by atoms with E-state index in [1.165, 1.54) is 6.20 Å². The van der Waals surface area contributed by atoms with Crippen molar-refractivity contribution in [3.05, 3.63) is 53.4 Å². The zero-order valence-electron chi connectivity index (χ0n) is 13.0. The highest BCUT2D eigenvalue weighted by Crippen LogP contribution is 2.22. The van der Waals surface area contributed by atoms with Crippen LogP contribution in [0.4, 0.5) is 17.5 Å². The number of halogens is 1. The largest absolute Gasteiger partial charge is 0.479 e. The first-order chi connectivity index (χ1) is 12.2. The molecular weight excluding hydrogens is 342 g/mol. The molecule has 9 heteroatoms. The van der Waals surface area contributed by atoms with Crippen molar-refractivity contribution < 1.29 is 4.74 Å². The predicted molar refractivity (Wildman–Crippen MR) is 93.8 cm³/mol. The molecule has 0 aliphatic heterocycles. The summed E-state index contributed by atoms with van der Waals surface area (Å²) in [5.41, 5.74) is 1.71. The minimum absolute atomic E-state index is 0.0116. The highest BCUT2D eigenvalue weighted by Gasteiger charge is 2.07. The third kappa shape index (κ3) is 4.59. The highest BCUT2D eigenvalue weighted by atomic mass is 35.5. The first-order valence-electron chi connectivity index (χ1n) is 7.35. The molecule has 3 aromatic rings. The standard InChI is InChI=1S/C16H14ClN7O/c17-14-10-20-16(23-12-8-21-22-9-12)24-15(14)19-7-11-2-1-3-13(6-11)25-5-4-18/h1-3,6,8-10H,5,7H2,(H,21,22)(H2,19,20,23,24). The van der Waals surface area contributed by atoms with Gasteiger partial charge in [-0.2, -0.15) is 15.3 Å². The van der Waals surface area contributed by atoms with Gasteiger partial charge in [0.2, 0.25) is 5.95 Å². The van der Waals surface area contributed by atoms with E-state index in [4.69, 9.17) is 21.6 Å². The number of hydrogen-bond acceptors (Lipinski definition) is 7. The number of hydrogen-bond donors (Lipinski definition) is 3. The fourth-order valence-corrected chi connectivity index (χ4v) is 2.20. The van der Waals surface area contributed by atoms with E-state index in [1.54, 1.807) is 18.5 Å². The lowest BCUT2D eigenvalue weighted by Gasteiger charge is -2.10. The van der Waals surface area contributed by atoms with E-state index in [0.717, 1.165) is 11.3 Å². The molecule has 0 spiro atoms. The van der Waals surface area contributed by atoms with E-state index in [9.17, 15) is 0 Å². The highest BCUT2D eigenvalue weighted by molar-refractivity contribution is 6.32. The van der Waals surface area contributed by atoms with Gasteiger partial charge in [0.25, 0.3) is 0 Å². The molecule has 0 unspecified atom stereocenters. The lowest BCUT2D eigenvalue weighted by Crippen LogP contribution is -2.05. The van der Waals surface area contributed by atoms with E-state index in [1.807, 2.05) is 24.3 Å². The zero-order chi connectivity index (χ0) is 17.5. The van der Waals surface area contributed by atoms with Gasteiger partial charge in [-0.15, -0.1) is 0 Å². The van der Waals surface area contributed by atoms with Crippen LogP contribution in [0.25, 0.3) is 0 Å². The number of H-pyrrole nitrogens is 1. The van der Waals surface area contributed by atoms with Gasteiger partial charge in [-0.1, -0.05) is 23.7 Å². The van der Waals surface area contributed by atoms with E-state index in [2.05, 4.69) is 30.8 Å². The van der Waals surface area contributed by atoms with Gasteiger partial charge in [-0.25, -0.2) is 4.98 Å². The van der Waals surface area contributed by atoms with Crippen LogP contribution in [-0.2, 0) is 6.54 Å². The summed E-state index contributed by atoms with van der Waals surface area (Å²) in [7, 11) is 0. The first kappa shape index (κ1) is 16.5. The normalized spacial score (nSPS) is 10.1. The van der Waals surface area contributed by atoms with Crippen LogP contribution in [-0.4, -0.2) is 26.8 Å². The maximum atomic E-state index is 8.57. The number of anilines is 3. The predicted octanol–water partition coefficient (Wildman–Crippen LogP) is 3.11. The number of benzene rings is 1. The van der Waals surface area contributed by atoms with Gasteiger partial charge in [0.05, 0.1) is 18.1 Å². The van der Waals surface area contributed by atoms with Crippen LogP contribution >= 0.6 is 11.6 Å². The molecule has 0 aliphatic carbocycles. The van der Waals surface area contributed by atoms with Crippen molar-refractivity contribution in [1.82, 2.24) is 20.2 Å². The summed E-state index contributed by atoms with van der Waals surface area (Å²) < 4.78 is 5.29. The lowest BCUT2D eigenvalue weighted by molar-refractivity contribution is 0.368. The Morgan fingerprint density at radius 1 is 1.32 bits per heavy atom. The maximum absolute atomic E-state index is 8.57. The van der Waals surface area contributed by atoms with E-state index < -0.39 is 0 Å². The fourth-order valence-electron chi connectivity index (χ4n) is 2.05. The Kier molecular flexibility index (Phi) is 5.29. The second kappa shape index (κ2) is 7.99. The Balaban J connectivity index is 1.67. The number of nitrogens with one attached hydrogen (secondary N) is 3. The van der Waals surface area contributed by atoms with Gasteiger partial charge in [-0.05, 0) is 17.7 Å². The molecule has 0 atom stereocenters. The molecule has 2 heterocycles. The lowest BCUT2D eigenvalue weighted by atomic mass is 10.2. The Morgan fingerprint density at radius 3 is 3.04 bits per heavy atom. The van der Waals surface area contributed by atoms with Gasteiger partial charge in [0.1, 0.15) is 16.8 Å². The van der Waals surface area contributed by atoms with Crippen LogP contribution in [0.15, 0.2) is 42.9 Å². The summed E-state index contributed by atoms with van der Waals surface area (Å²) in [5, 5.41) is 21.7. The minimum atomic E-state index is 0.0116. The molecule has 0 aliphatic rings. The molecule has 0 saturated carbocycles. The number of aromatic nitrogens is 4. The van der Waals surface area contributed by atoms with Crippen LogP contribution in [0, 0.1) is 11.3 Å². The number of nitriles is 1. The topological polar surface area (TPSA) is 112 Å². The van der Waals surface area contributed by atoms with Gasteiger partial charge in [-0.3, -0.25) is 5.10 Å². The molecule has 0 saturated heterocycles. The molecule has 0 fully saturated rings. The quantitative estimate of drug-likeness (QED) is 0.597. The maximum Gasteiger partial charge on any atom is 0.229 e.